The van der Waals surface area contributed by atoms with Crippen molar-refractivity contribution < 1.29 is 9.59 Å². The highest BCUT2D eigenvalue weighted by molar-refractivity contribution is 7.99. The number of likely N-dealkylation sites (tertiary alicyclic amines) is 1. The fraction of sp³-hybridized carbons (Fsp3) is 0.692. The minimum atomic E-state index is -0.0749. The Labute approximate surface area is 128 Å². The molecule has 1 aromatic heterocycles. The van der Waals surface area contributed by atoms with Gasteiger partial charge in [-0.3, -0.25) is 14.7 Å². The van der Waals surface area contributed by atoms with Crippen LogP contribution in [0.1, 0.15) is 26.1 Å². The van der Waals surface area contributed by atoms with Gasteiger partial charge in [0.05, 0.1) is 11.7 Å². The summed E-state index contributed by atoms with van der Waals surface area (Å²) in [6.07, 6.45) is 1.53. The lowest BCUT2D eigenvalue weighted by Crippen LogP contribution is -2.35. The number of nitrogens with zero attached hydrogens (tertiary/aromatic N) is 3. The molecule has 0 spiro atoms. The molecule has 0 saturated carbocycles. The summed E-state index contributed by atoms with van der Waals surface area (Å²) in [4.78, 5) is 29.9. The van der Waals surface area contributed by atoms with Gasteiger partial charge in [-0.2, -0.15) is 0 Å². The number of hydrogen-bond acceptors (Lipinski definition) is 5. The SMILES string of the molecule is CCNC(=O)[C@@H]1CCN(C(=O)CSc2n[nH]c(CC)n2)C1. The van der Waals surface area contributed by atoms with Gasteiger partial charge in [0.25, 0.3) is 0 Å². The van der Waals surface area contributed by atoms with Crippen molar-refractivity contribution >= 4 is 23.6 Å². The second kappa shape index (κ2) is 7.44. The van der Waals surface area contributed by atoms with E-state index in [0.717, 1.165) is 18.7 Å². The molecule has 2 heterocycles. The predicted molar refractivity (Wildman–Crippen MR) is 79.9 cm³/mol. The lowest BCUT2D eigenvalue weighted by molar-refractivity contribution is -0.128. The molecule has 0 bridgehead atoms. The lowest BCUT2D eigenvalue weighted by atomic mass is 10.1. The van der Waals surface area contributed by atoms with E-state index in [-0.39, 0.29) is 17.7 Å². The van der Waals surface area contributed by atoms with Gasteiger partial charge in [0.15, 0.2) is 0 Å². The smallest absolute Gasteiger partial charge is 0.233 e. The van der Waals surface area contributed by atoms with Crippen molar-refractivity contribution in [3.63, 3.8) is 0 Å². The van der Waals surface area contributed by atoms with Gasteiger partial charge < -0.3 is 10.2 Å². The number of thioether (sulfide) groups is 1. The van der Waals surface area contributed by atoms with Crippen molar-refractivity contribution in [1.29, 1.82) is 0 Å². The average molecular weight is 311 g/mol. The second-order valence-corrected chi connectivity index (χ2v) is 5.87. The average Bonchev–Trinajstić information content (AvgIpc) is 3.14. The quantitative estimate of drug-likeness (QED) is 0.744. The van der Waals surface area contributed by atoms with E-state index in [1.165, 1.54) is 11.8 Å². The number of carbonyl (C=O) groups excluding carboxylic acids is 2. The summed E-state index contributed by atoms with van der Waals surface area (Å²) >= 11 is 1.33. The van der Waals surface area contributed by atoms with Gasteiger partial charge in [0.1, 0.15) is 5.82 Å². The summed E-state index contributed by atoms with van der Waals surface area (Å²) in [7, 11) is 0. The predicted octanol–water partition coefficient (Wildman–Crippen LogP) is 0.444. The standard InChI is InChI=1S/C13H21N5O2S/c1-3-10-15-13(17-16-10)21-8-11(19)18-6-5-9(7-18)12(20)14-4-2/h9H,3-8H2,1-2H3,(H,14,20)(H,15,16,17)/t9-/m1/s1. The second-order valence-electron chi connectivity index (χ2n) is 4.93. The molecule has 0 radical (unpaired) electrons. The molecular weight excluding hydrogens is 290 g/mol. The largest absolute Gasteiger partial charge is 0.356 e. The Kier molecular flexibility index (Phi) is 5.60. The zero-order chi connectivity index (χ0) is 15.2. The number of amides is 2. The molecule has 2 rings (SSSR count). The van der Waals surface area contributed by atoms with Crippen LogP contribution < -0.4 is 5.32 Å². The van der Waals surface area contributed by atoms with E-state index in [9.17, 15) is 9.59 Å². The van der Waals surface area contributed by atoms with Gasteiger partial charge in [-0.15, -0.1) is 5.10 Å². The first-order valence-electron chi connectivity index (χ1n) is 7.23. The van der Waals surface area contributed by atoms with Crippen molar-refractivity contribution in [1.82, 2.24) is 25.4 Å². The Balaban J connectivity index is 1.78. The zero-order valence-electron chi connectivity index (χ0n) is 12.4. The lowest BCUT2D eigenvalue weighted by Gasteiger charge is -2.15. The summed E-state index contributed by atoms with van der Waals surface area (Å²) in [6, 6.07) is 0. The summed E-state index contributed by atoms with van der Waals surface area (Å²) in [5.74, 6) is 1.14. The number of hydrogen-bond donors (Lipinski definition) is 2. The molecule has 1 aliphatic heterocycles. The molecule has 2 N–H and O–H groups in total. The fourth-order valence-electron chi connectivity index (χ4n) is 2.24. The third-order valence-corrected chi connectivity index (χ3v) is 4.27. The van der Waals surface area contributed by atoms with E-state index in [1.54, 1.807) is 4.90 Å². The highest BCUT2D eigenvalue weighted by atomic mass is 32.2. The third kappa shape index (κ3) is 4.20. The van der Waals surface area contributed by atoms with Crippen LogP contribution in [-0.2, 0) is 16.0 Å². The topological polar surface area (TPSA) is 91.0 Å². The van der Waals surface area contributed by atoms with Crippen LogP contribution in [-0.4, -0.2) is 57.3 Å². The molecule has 2 amide bonds. The molecular formula is C13H21N5O2S. The van der Waals surface area contributed by atoms with Gasteiger partial charge in [0.2, 0.25) is 17.0 Å². The van der Waals surface area contributed by atoms with Crippen molar-refractivity contribution in [3.8, 4) is 0 Å². The summed E-state index contributed by atoms with van der Waals surface area (Å²) < 4.78 is 0. The van der Waals surface area contributed by atoms with Crippen LogP contribution in [0.15, 0.2) is 5.16 Å². The Hall–Kier alpha value is -1.57. The number of rotatable bonds is 6. The number of carbonyl (C=O) groups is 2. The Bertz CT molecular complexity index is 505. The van der Waals surface area contributed by atoms with Crippen LogP contribution in [0.4, 0.5) is 0 Å². The van der Waals surface area contributed by atoms with Crippen LogP contribution in [0.25, 0.3) is 0 Å². The van der Waals surface area contributed by atoms with Crippen molar-refractivity contribution in [2.24, 2.45) is 5.92 Å². The minimum Gasteiger partial charge on any atom is -0.356 e. The number of H-pyrrole nitrogens is 1. The van der Waals surface area contributed by atoms with Gasteiger partial charge in [0, 0.05) is 26.1 Å². The summed E-state index contributed by atoms with van der Waals surface area (Å²) in [5, 5.41) is 10.3. The molecule has 1 fully saturated rings. The number of aryl methyl sites for hydroxylation is 1. The van der Waals surface area contributed by atoms with Crippen molar-refractivity contribution in [3.05, 3.63) is 5.82 Å². The number of aromatic amines is 1. The molecule has 0 aliphatic carbocycles. The molecule has 1 saturated heterocycles. The van der Waals surface area contributed by atoms with Gasteiger partial charge in [-0.25, -0.2) is 4.98 Å². The van der Waals surface area contributed by atoms with Crippen LogP contribution in [0, 0.1) is 5.92 Å². The van der Waals surface area contributed by atoms with E-state index in [1.807, 2.05) is 13.8 Å². The molecule has 1 aliphatic rings. The van der Waals surface area contributed by atoms with E-state index in [2.05, 4.69) is 20.5 Å². The highest BCUT2D eigenvalue weighted by Crippen LogP contribution is 2.19. The Morgan fingerprint density at radius 2 is 2.29 bits per heavy atom. The van der Waals surface area contributed by atoms with E-state index >= 15 is 0 Å². The van der Waals surface area contributed by atoms with Gasteiger partial charge in [-0.1, -0.05) is 18.7 Å². The van der Waals surface area contributed by atoms with Crippen LogP contribution >= 0.6 is 11.8 Å². The summed E-state index contributed by atoms with van der Waals surface area (Å²) in [6.45, 7) is 5.68. The maximum absolute atomic E-state index is 12.1. The van der Waals surface area contributed by atoms with E-state index in [4.69, 9.17) is 0 Å². The summed E-state index contributed by atoms with van der Waals surface area (Å²) in [5.41, 5.74) is 0. The highest BCUT2D eigenvalue weighted by Gasteiger charge is 2.30. The first-order valence-corrected chi connectivity index (χ1v) is 8.22. The molecule has 1 aromatic rings. The van der Waals surface area contributed by atoms with Crippen LogP contribution in [0.3, 0.4) is 0 Å². The fourth-order valence-corrected chi connectivity index (χ4v) is 2.96. The monoisotopic (exact) mass is 311 g/mol. The van der Waals surface area contributed by atoms with Gasteiger partial charge in [-0.05, 0) is 13.3 Å². The number of nitrogens with one attached hydrogen (secondary N) is 2. The molecule has 8 heteroatoms. The van der Waals surface area contributed by atoms with Crippen LogP contribution in [0.2, 0.25) is 0 Å². The zero-order valence-corrected chi connectivity index (χ0v) is 13.2. The molecule has 1 atom stereocenters. The minimum absolute atomic E-state index is 0.0367. The van der Waals surface area contributed by atoms with Gasteiger partial charge >= 0.3 is 0 Å². The normalized spacial score (nSPS) is 18.0. The molecule has 116 valence electrons. The molecule has 7 nitrogen and oxygen atoms in total. The third-order valence-electron chi connectivity index (χ3n) is 3.43. The first-order chi connectivity index (χ1) is 10.1. The first kappa shape index (κ1) is 15.8. The van der Waals surface area contributed by atoms with Crippen molar-refractivity contribution in [2.75, 3.05) is 25.4 Å². The maximum Gasteiger partial charge on any atom is 0.233 e. The molecule has 0 unspecified atom stereocenters. The Morgan fingerprint density at radius 3 is 2.95 bits per heavy atom. The van der Waals surface area contributed by atoms with Crippen LogP contribution in [0.5, 0.6) is 0 Å². The van der Waals surface area contributed by atoms with Crippen molar-refractivity contribution in [2.45, 2.75) is 31.8 Å². The molecule has 21 heavy (non-hydrogen) atoms. The number of aromatic nitrogens is 3. The van der Waals surface area contributed by atoms with E-state index < -0.39 is 0 Å². The maximum atomic E-state index is 12.1. The molecule has 0 aromatic carbocycles. The Morgan fingerprint density at radius 1 is 1.48 bits per heavy atom. The van der Waals surface area contributed by atoms with E-state index in [0.29, 0.717) is 30.5 Å².